The Kier molecular flexibility index (Phi) is 13.6. The molecule has 1 aromatic carbocycles. The molecule has 5 heteroatoms. The van der Waals surface area contributed by atoms with Crippen LogP contribution in [0, 0.1) is 0 Å². The monoisotopic (exact) mass is 367 g/mol. The lowest BCUT2D eigenvalue weighted by Gasteiger charge is -2.22. The van der Waals surface area contributed by atoms with Gasteiger partial charge >= 0.3 is 9.53 Å². The van der Waals surface area contributed by atoms with Crippen molar-refractivity contribution in [3.8, 4) is 0 Å². The molecule has 1 aliphatic rings. The second-order valence-corrected chi connectivity index (χ2v) is 7.78. The molecule has 0 unspecified atom stereocenters. The molecule has 0 aromatic heterocycles. The standard InChI is InChI=1S/C14H21N.C6H16O3Si/c1-2-5-9-13(10-6-3-1)15-14-11-7-4-8-12-14;1-4-7-10(8-5-2)9-6-3/h4,7-8,11-13,15H,1-3,5-6,9-10H2;10H,4-6H2,1-3H3. The largest absolute Gasteiger partial charge is 0.484 e. The average Bonchev–Trinajstić information content (AvgIpc) is 2.59. The third-order valence-electron chi connectivity index (χ3n) is 4.16. The number of anilines is 1. The summed E-state index contributed by atoms with van der Waals surface area (Å²) >= 11 is 0. The van der Waals surface area contributed by atoms with Gasteiger partial charge in [0.2, 0.25) is 0 Å². The highest BCUT2D eigenvalue weighted by Gasteiger charge is 2.11. The predicted octanol–water partition coefficient (Wildman–Crippen LogP) is 5.02. The van der Waals surface area contributed by atoms with Crippen molar-refractivity contribution in [3.05, 3.63) is 30.3 Å². The van der Waals surface area contributed by atoms with Crippen molar-refractivity contribution in [3.63, 3.8) is 0 Å². The molecule has 1 fully saturated rings. The molecule has 0 radical (unpaired) electrons. The van der Waals surface area contributed by atoms with Crippen LogP contribution in [0.25, 0.3) is 0 Å². The number of para-hydroxylation sites is 1. The van der Waals surface area contributed by atoms with Gasteiger partial charge in [0.15, 0.2) is 0 Å². The van der Waals surface area contributed by atoms with Crippen LogP contribution < -0.4 is 5.32 Å². The van der Waals surface area contributed by atoms with Gasteiger partial charge in [-0.05, 0) is 45.7 Å². The molecule has 1 saturated carbocycles. The van der Waals surface area contributed by atoms with E-state index in [9.17, 15) is 0 Å². The Balaban J connectivity index is 0.000000275. The summed E-state index contributed by atoms with van der Waals surface area (Å²) in [4.78, 5) is 0. The molecule has 0 heterocycles. The molecule has 2 rings (SSSR count). The van der Waals surface area contributed by atoms with Gasteiger partial charge in [-0.2, -0.15) is 0 Å². The predicted molar refractivity (Wildman–Crippen MR) is 108 cm³/mol. The maximum Gasteiger partial charge on any atom is 0.484 e. The lowest BCUT2D eigenvalue weighted by Crippen LogP contribution is -2.27. The summed E-state index contributed by atoms with van der Waals surface area (Å²) in [5.41, 5.74) is 1.28. The quantitative estimate of drug-likeness (QED) is 0.655. The Labute approximate surface area is 156 Å². The summed E-state index contributed by atoms with van der Waals surface area (Å²) in [5.74, 6) is 0. The van der Waals surface area contributed by atoms with E-state index in [4.69, 9.17) is 13.3 Å². The summed E-state index contributed by atoms with van der Waals surface area (Å²) < 4.78 is 15.7. The minimum atomic E-state index is -1.73. The first-order valence-electron chi connectivity index (χ1n) is 9.96. The zero-order valence-corrected chi connectivity index (χ0v) is 17.5. The van der Waals surface area contributed by atoms with Crippen molar-refractivity contribution in [2.24, 2.45) is 0 Å². The molecule has 144 valence electrons. The number of benzene rings is 1. The third-order valence-corrected chi connectivity index (χ3v) is 5.97. The van der Waals surface area contributed by atoms with Crippen molar-refractivity contribution in [1.82, 2.24) is 0 Å². The fourth-order valence-corrected chi connectivity index (χ4v) is 4.03. The maximum absolute atomic E-state index is 5.22. The second-order valence-electron chi connectivity index (χ2n) is 6.21. The van der Waals surface area contributed by atoms with Crippen molar-refractivity contribution < 1.29 is 13.3 Å². The van der Waals surface area contributed by atoms with Crippen molar-refractivity contribution >= 4 is 15.2 Å². The van der Waals surface area contributed by atoms with Crippen LogP contribution in [0.4, 0.5) is 5.69 Å². The highest BCUT2D eigenvalue weighted by Crippen LogP contribution is 2.20. The Morgan fingerprint density at radius 2 is 1.28 bits per heavy atom. The summed E-state index contributed by atoms with van der Waals surface area (Å²) in [5, 5.41) is 3.65. The number of hydrogen-bond donors (Lipinski definition) is 1. The first-order valence-corrected chi connectivity index (χ1v) is 11.4. The first-order chi connectivity index (χ1) is 12.3. The van der Waals surface area contributed by atoms with Crippen molar-refractivity contribution in [1.29, 1.82) is 0 Å². The molecule has 1 N–H and O–H groups in total. The van der Waals surface area contributed by atoms with E-state index in [0.717, 1.165) is 0 Å². The lowest BCUT2D eigenvalue weighted by atomic mass is 9.96. The van der Waals surface area contributed by atoms with E-state index in [-0.39, 0.29) is 0 Å². The molecule has 0 aliphatic heterocycles. The minimum Gasteiger partial charge on any atom is -0.382 e. The number of hydrogen-bond acceptors (Lipinski definition) is 4. The van der Waals surface area contributed by atoms with E-state index in [0.29, 0.717) is 25.9 Å². The summed E-state index contributed by atoms with van der Waals surface area (Å²) in [6, 6.07) is 11.3. The van der Waals surface area contributed by atoms with E-state index in [1.807, 2.05) is 20.8 Å². The van der Waals surface area contributed by atoms with Gasteiger partial charge in [-0.15, -0.1) is 0 Å². The Morgan fingerprint density at radius 3 is 1.76 bits per heavy atom. The Morgan fingerprint density at radius 1 is 0.800 bits per heavy atom. The minimum absolute atomic E-state index is 0.677. The molecule has 1 aromatic rings. The Hall–Kier alpha value is -0.883. The fraction of sp³-hybridized carbons (Fsp3) is 0.700. The van der Waals surface area contributed by atoms with Crippen LogP contribution in [0.2, 0.25) is 0 Å². The van der Waals surface area contributed by atoms with Crippen LogP contribution in [-0.2, 0) is 13.3 Å². The summed E-state index contributed by atoms with van der Waals surface area (Å²) in [6.45, 7) is 7.86. The van der Waals surface area contributed by atoms with Gasteiger partial charge in [0.05, 0.1) is 0 Å². The Bertz CT molecular complexity index is 383. The normalized spacial score (nSPS) is 15.8. The van der Waals surface area contributed by atoms with Crippen LogP contribution in [0.1, 0.15) is 65.7 Å². The maximum atomic E-state index is 5.22. The molecular weight excluding hydrogens is 330 g/mol. The molecule has 1 aliphatic carbocycles. The van der Waals surface area contributed by atoms with Gasteiger partial charge in [-0.25, -0.2) is 0 Å². The van der Waals surface area contributed by atoms with Crippen LogP contribution in [-0.4, -0.2) is 35.4 Å². The molecule has 0 spiro atoms. The third kappa shape index (κ3) is 11.4. The molecule has 0 atom stereocenters. The van der Waals surface area contributed by atoms with Gasteiger partial charge in [-0.1, -0.05) is 50.3 Å². The smallest absolute Gasteiger partial charge is 0.382 e. The highest BCUT2D eigenvalue weighted by atomic mass is 28.3. The van der Waals surface area contributed by atoms with Gasteiger partial charge in [0.25, 0.3) is 0 Å². The second kappa shape index (κ2) is 15.4. The van der Waals surface area contributed by atoms with Crippen LogP contribution >= 0.6 is 0 Å². The lowest BCUT2D eigenvalue weighted by molar-refractivity contribution is 0.107. The van der Waals surface area contributed by atoms with Crippen LogP contribution in [0.3, 0.4) is 0 Å². The molecule has 0 bridgehead atoms. The van der Waals surface area contributed by atoms with E-state index in [1.165, 1.54) is 50.6 Å². The molecule has 25 heavy (non-hydrogen) atoms. The zero-order valence-electron chi connectivity index (χ0n) is 16.3. The van der Waals surface area contributed by atoms with E-state index in [1.54, 1.807) is 0 Å². The SMILES string of the molecule is CCO[SiH](OCC)OCC.c1ccc(NC2CCCCCCC2)cc1. The molecule has 4 nitrogen and oxygen atoms in total. The van der Waals surface area contributed by atoms with Crippen molar-refractivity contribution in [2.75, 3.05) is 25.1 Å². The average molecular weight is 368 g/mol. The van der Waals surface area contributed by atoms with Gasteiger partial charge in [0, 0.05) is 31.5 Å². The fourth-order valence-electron chi connectivity index (χ4n) is 2.92. The zero-order chi connectivity index (χ0) is 18.2. The highest BCUT2D eigenvalue weighted by molar-refractivity contribution is 6.36. The number of nitrogens with one attached hydrogen (secondary N) is 1. The molecular formula is C20H37NO3Si. The summed E-state index contributed by atoms with van der Waals surface area (Å²) in [7, 11) is -1.73. The van der Waals surface area contributed by atoms with E-state index < -0.39 is 9.53 Å². The summed E-state index contributed by atoms with van der Waals surface area (Å²) in [6.07, 6.45) is 9.76. The van der Waals surface area contributed by atoms with Gasteiger partial charge < -0.3 is 18.6 Å². The van der Waals surface area contributed by atoms with E-state index >= 15 is 0 Å². The van der Waals surface area contributed by atoms with E-state index in [2.05, 4.69) is 35.6 Å². The van der Waals surface area contributed by atoms with Gasteiger partial charge in [0.1, 0.15) is 0 Å². The number of rotatable bonds is 8. The topological polar surface area (TPSA) is 39.7 Å². The van der Waals surface area contributed by atoms with Crippen molar-refractivity contribution in [2.45, 2.75) is 71.8 Å². The first kappa shape index (κ1) is 22.2. The molecule has 0 amide bonds. The van der Waals surface area contributed by atoms with Crippen LogP contribution in [0.5, 0.6) is 0 Å². The van der Waals surface area contributed by atoms with Gasteiger partial charge in [-0.3, -0.25) is 0 Å². The molecule has 0 saturated heterocycles. The van der Waals surface area contributed by atoms with Crippen LogP contribution in [0.15, 0.2) is 30.3 Å².